The van der Waals surface area contributed by atoms with Gasteiger partial charge in [-0.15, -0.1) is 0 Å². The number of halogens is 1. The predicted molar refractivity (Wildman–Crippen MR) is 78.0 cm³/mol. The maximum Gasteiger partial charge on any atom is 0.231 e. The highest BCUT2D eigenvalue weighted by Gasteiger charge is 2.13. The van der Waals surface area contributed by atoms with Gasteiger partial charge in [-0.25, -0.2) is 0 Å². The summed E-state index contributed by atoms with van der Waals surface area (Å²) in [7, 11) is 1.87. The minimum absolute atomic E-state index is 0.270. The zero-order chi connectivity index (χ0) is 14.7. The standard InChI is InChI=1S/C14H16ClN3O3/c1-18-12(11(15)7-17-18)8-16-4-5-19-10-2-3-13-14(6-10)21-9-20-13/h2-3,6-7,16H,4-5,8-9H2,1H3. The second-order valence-electron chi connectivity index (χ2n) is 4.60. The van der Waals surface area contributed by atoms with Crippen LogP contribution in [-0.4, -0.2) is 29.7 Å². The highest BCUT2D eigenvalue weighted by atomic mass is 35.5. The maximum absolute atomic E-state index is 6.03. The van der Waals surface area contributed by atoms with Crippen LogP contribution >= 0.6 is 11.6 Å². The molecule has 0 bridgehead atoms. The quantitative estimate of drug-likeness (QED) is 0.827. The van der Waals surface area contributed by atoms with Gasteiger partial charge in [0.2, 0.25) is 6.79 Å². The SMILES string of the molecule is Cn1ncc(Cl)c1CNCCOc1ccc2c(c1)OCO2. The van der Waals surface area contributed by atoms with Crippen LogP contribution in [0.3, 0.4) is 0 Å². The van der Waals surface area contributed by atoms with Crippen molar-refractivity contribution in [3.63, 3.8) is 0 Å². The maximum atomic E-state index is 6.03. The van der Waals surface area contributed by atoms with Crippen molar-refractivity contribution < 1.29 is 14.2 Å². The number of benzene rings is 1. The van der Waals surface area contributed by atoms with E-state index in [1.165, 1.54) is 0 Å². The molecule has 0 saturated heterocycles. The van der Waals surface area contributed by atoms with Gasteiger partial charge in [0, 0.05) is 26.2 Å². The zero-order valence-electron chi connectivity index (χ0n) is 11.6. The number of fused-ring (bicyclic) bond motifs is 1. The van der Waals surface area contributed by atoms with Gasteiger partial charge in [-0.05, 0) is 12.1 Å². The smallest absolute Gasteiger partial charge is 0.231 e. The van der Waals surface area contributed by atoms with Gasteiger partial charge in [0.15, 0.2) is 11.5 Å². The van der Waals surface area contributed by atoms with Crippen molar-refractivity contribution in [3.05, 3.63) is 35.1 Å². The van der Waals surface area contributed by atoms with E-state index in [0.29, 0.717) is 24.7 Å². The Labute approximate surface area is 127 Å². The van der Waals surface area contributed by atoms with E-state index in [1.54, 1.807) is 10.9 Å². The van der Waals surface area contributed by atoms with Gasteiger partial charge in [0.25, 0.3) is 0 Å². The normalized spacial score (nSPS) is 12.7. The van der Waals surface area contributed by atoms with E-state index >= 15 is 0 Å². The Bertz CT molecular complexity index is 610. The highest BCUT2D eigenvalue weighted by Crippen LogP contribution is 2.34. The van der Waals surface area contributed by atoms with E-state index in [1.807, 2.05) is 25.2 Å². The van der Waals surface area contributed by atoms with E-state index in [0.717, 1.165) is 22.9 Å². The van der Waals surface area contributed by atoms with Crippen molar-refractivity contribution in [1.29, 1.82) is 0 Å². The Morgan fingerprint density at radius 3 is 3.05 bits per heavy atom. The Balaban J connectivity index is 1.42. The lowest BCUT2D eigenvalue weighted by atomic mass is 10.3. The Morgan fingerprint density at radius 1 is 1.38 bits per heavy atom. The van der Waals surface area contributed by atoms with Gasteiger partial charge in [-0.2, -0.15) is 5.10 Å². The van der Waals surface area contributed by atoms with Crippen molar-refractivity contribution in [2.24, 2.45) is 7.05 Å². The average molecular weight is 310 g/mol. The van der Waals surface area contributed by atoms with Crippen molar-refractivity contribution in [1.82, 2.24) is 15.1 Å². The predicted octanol–water partition coefficient (Wildman–Crippen LogP) is 1.97. The molecule has 6 nitrogen and oxygen atoms in total. The Morgan fingerprint density at radius 2 is 2.24 bits per heavy atom. The molecule has 0 unspecified atom stereocenters. The molecule has 2 aromatic rings. The molecule has 3 rings (SSSR count). The summed E-state index contributed by atoms with van der Waals surface area (Å²) in [6.45, 7) is 2.18. The molecule has 1 aromatic heterocycles. The van der Waals surface area contributed by atoms with Gasteiger partial charge in [0.1, 0.15) is 12.4 Å². The van der Waals surface area contributed by atoms with Crippen LogP contribution in [0.1, 0.15) is 5.69 Å². The molecular formula is C14H16ClN3O3. The van der Waals surface area contributed by atoms with Crippen LogP contribution in [0.5, 0.6) is 17.2 Å². The lowest BCUT2D eigenvalue weighted by Gasteiger charge is -2.08. The summed E-state index contributed by atoms with van der Waals surface area (Å²) in [5, 5.41) is 8.02. The van der Waals surface area contributed by atoms with Crippen LogP contribution in [0.4, 0.5) is 0 Å². The molecule has 0 saturated carbocycles. The van der Waals surface area contributed by atoms with Crippen LogP contribution < -0.4 is 19.5 Å². The van der Waals surface area contributed by atoms with Gasteiger partial charge in [0.05, 0.1) is 16.9 Å². The highest BCUT2D eigenvalue weighted by molar-refractivity contribution is 6.31. The summed E-state index contributed by atoms with van der Waals surface area (Å²) in [5.74, 6) is 2.24. The first-order valence-corrected chi connectivity index (χ1v) is 7.01. The van der Waals surface area contributed by atoms with Gasteiger partial charge in [-0.1, -0.05) is 11.6 Å². The van der Waals surface area contributed by atoms with Gasteiger partial charge >= 0.3 is 0 Å². The lowest BCUT2D eigenvalue weighted by molar-refractivity contribution is 0.173. The number of rotatable bonds is 6. The van der Waals surface area contributed by atoms with Crippen LogP contribution in [-0.2, 0) is 13.6 Å². The van der Waals surface area contributed by atoms with Crippen molar-refractivity contribution >= 4 is 11.6 Å². The van der Waals surface area contributed by atoms with Gasteiger partial charge < -0.3 is 19.5 Å². The molecule has 0 radical (unpaired) electrons. The summed E-state index contributed by atoms with van der Waals surface area (Å²) in [6.07, 6.45) is 1.64. The number of nitrogens with zero attached hydrogens (tertiary/aromatic N) is 2. The molecule has 21 heavy (non-hydrogen) atoms. The van der Waals surface area contributed by atoms with Gasteiger partial charge in [-0.3, -0.25) is 4.68 Å². The third kappa shape index (κ3) is 3.22. The Hall–Kier alpha value is -1.92. The Kier molecular flexibility index (Phi) is 4.17. The van der Waals surface area contributed by atoms with E-state index in [2.05, 4.69) is 10.4 Å². The fraction of sp³-hybridized carbons (Fsp3) is 0.357. The fourth-order valence-electron chi connectivity index (χ4n) is 2.05. The average Bonchev–Trinajstić information content (AvgIpc) is 3.07. The topological polar surface area (TPSA) is 57.5 Å². The van der Waals surface area contributed by atoms with Crippen LogP contribution in [0, 0.1) is 0 Å². The molecule has 1 aliphatic rings. The summed E-state index contributed by atoms with van der Waals surface area (Å²) < 4.78 is 18.0. The lowest BCUT2D eigenvalue weighted by Crippen LogP contribution is -2.22. The zero-order valence-corrected chi connectivity index (χ0v) is 12.4. The number of nitrogens with one attached hydrogen (secondary N) is 1. The van der Waals surface area contributed by atoms with Crippen LogP contribution in [0.15, 0.2) is 24.4 Å². The molecule has 0 atom stereocenters. The molecule has 0 fully saturated rings. The molecule has 1 aromatic carbocycles. The summed E-state index contributed by atoms with van der Waals surface area (Å²) in [6, 6.07) is 5.55. The van der Waals surface area contributed by atoms with E-state index < -0.39 is 0 Å². The van der Waals surface area contributed by atoms with E-state index in [-0.39, 0.29) is 6.79 Å². The second-order valence-corrected chi connectivity index (χ2v) is 5.01. The fourth-order valence-corrected chi connectivity index (χ4v) is 2.28. The minimum Gasteiger partial charge on any atom is -0.492 e. The minimum atomic E-state index is 0.270. The molecule has 0 aliphatic carbocycles. The molecule has 2 heterocycles. The van der Waals surface area contributed by atoms with Crippen molar-refractivity contribution in [3.8, 4) is 17.2 Å². The first-order valence-electron chi connectivity index (χ1n) is 6.63. The van der Waals surface area contributed by atoms with Crippen molar-refractivity contribution in [2.75, 3.05) is 19.9 Å². The number of aromatic nitrogens is 2. The second kappa shape index (κ2) is 6.24. The van der Waals surface area contributed by atoms with E-state index in [9.17, 15) is 0 Å². The first-order chi connectivity index (χ1) is 10.2. The first kappa shape index (κ1) is 14.0. The summed E-state index contributed by atoms with van der Waals surface area (Å²) in [4.78, 5) is 0. The van der Waals surface area contributed by atoms with Crippen LogP contribution in [0.25, 0.3) is 0 Å². The number of hydrogen-bond acceptors (Lipinski definition) is 5. The van der Waals surface area contributed by atoms with E-state index in [4.69, 9.17) is 25.8 Å². The third-order valence-corrected chi connectivity index (χ3v) is 3.51. The molecular weight excluding hydrogens is 294 g/mol. The third-order valence-electron chi connectivity index (χ3n) is 3.19. The van der Waals surface area contributed by atoms with Crippen LogP contribution in [0.2, 0.25) is 5.02 Å². The molecule has 1 N–H and O–H groups in total. The number of aryl methyl sites for hydroxylation is 1. The molecule has 7 heteroatoms. The summed E-state index contributed by atoms with van der Waals surface area (Å²) in [5.41, 5.74) is 0.958. The number of hydrogen-bond donors (Lipinski definition) is 1. The molecule has 0 amide bonds. The molecule has 0 spiro atoms. The number of ether oxygens (including phenoxy) is 3. The van der Waals surface area contributed by atoms with Crippen molar-refractivity contribution in [2.45, 2.75) is 6.54 Å². The molecule has 112 valence electrons. The largest absolute Gasteiger partial charge is 0.492 e. The molecule has 1 aliphatic heterocycles. The monoisotopic (exact) mass is 309 g/mol. The summed E-state index contributed by atoms with van der Waals surface area (Å²) >= 11 is 6.03.